The number of amides is 1. The van der Waals surface area contributed by atoms with Gasteiger partial charge in [-0.05, 0) is 0 Å². The van der Waals surface area contributed by atoms with Crippen LogP contribution in [-0.4, -0.2) is 15.9 Å². The van der Waals surface area contributed by atoms with E-state index in [4.69, 9.17) is 10.5 Å². The van der Waals surface area contributed by atoms with Crippen molar-refractivity contribution in [2.24, 2.45) is 5.92 Å². The standard InChI is InChI=1S/C9H13.C2H7Si.CH3NO.2ClH.Hf/c1-6-5-7(2)9(4)8(6)3;1-3-2;2-1-3;;;/h6H,1-4H3;3H,1-2H3;1H,(H2,2,3);2*1H;/q-1;;;;;+4/p-3. The van der Waals surface area contributed by atoms with E-state index in [0.29, 0.717) is 5.92 Å². The van der Waals surface area contributed by atoms with Crippen LogP contribution in [0.3, 0.4) is 0 Å². The number of halogens is 2. The van der Waals surface area contributed by atoms with Crippen molar-refractivity contribution >= 4 is 15.9 Å². The summed E-state index contributed by atoms with van der Waals surface area (Å²) >= 11 is 0. The summed E-state index contributed by atoms with van der Waals surface area (Å²) in [6, 6.07) is 0. The summed E-state index contributed by atoms with van der Waals surface area (Å²) in [5.41, 5.74) is 9.77. The number of hydrogen-bond donors (Lipinski definition) is 0. The van der Waals surface area contributed by atoms with Crippen molar-refractivity contribution in [2.75, 3.05) is 0 Å². The molecule has 0 saturated carbocycles. The van der Waals surface area contributed by atoms with Crippen LogP contribution in [0.4, 0.5) is 0 Å². The monoisotopic (exact) mass is 474 g/mol. The number of carbonyl (C=O) groups excluding carboxylic acids is 1. The number of hydrogen-bond acceptors (Lipinski definition) is 1. The first-order valence-corrected chi connectivity index (χ1v) is 7.39. The van der Waals surface area contributed by atoms with Crippen LogP contribution in [0.1, 0.15) is 27.7 Å². The molecule has 6 heteroatoms. The molecule has 1 atom stereocenters. The molecule has 0 aliphatic heterocycles. The van der Waals surface area contributed by atoms with Gasteiger partial charge in [-0.3, -0.25) is 6.08 Å². The topological polar surface area (TPSA) is 40.9 Å². The molecule has 0 heterocycles. The van der Waals surface area contributed by atoms with E-state index < -0.39 is 0 Å². The Hall–Kier alpha value is 0.617. The minimum atomic E-state index is 0. The fourth-order valence-corrected chi connectivity index (χ4v) is 1.16. The Morgan fingerprint density at radius 3 is 1.56 bits per heavy atom. The fourth-order valence-electron chi connectivity index (χ4n) is 1.16. The zero-order valence-electron chi connectivity index (χ0n) is 11.9. The molecule has 103 valence electrons. The van der Waals surface area contributed by atoms with Crippen molar-refractivity contribution in [1.29, 1.82) is 0 Å². The maximum atomic E-state index is 8.47. The Balaban J connectivity index is -0.0000000549. The van der Waals surface area contributed by atoms with E-state index in [1.807, 2.05) is 0 Å². The molecular weight excluding hydrogens is 452 g/mol. The first kappa shape index (κ1) is 31.2. The summed E-state index contributed by atoms with van der Waals surface area (Å²) < 4.78 is 0. The molecule has 1 aliphatic carbocycles. The molecule has 0 saturated heterocycles. The van der Waals surface area contributed by atoms with Gasteiger partial charge in [0.15, 0.2) is 0 Å². The summed E-state index contributed by atoms with van der Waals surface area (Å²) in [4.78, 5) is 8.47. The van der Waals surface area contributed by atoms with E-state index in [1.165, 1.54) is 16.7 Å². The molecule has 1 aliphatic rings. The molecule has 0 bridgehead atoms. The Morgan fingerprint density at radius 2 is 1.50 bits per heavy atom. The predicted molar refractivity (Wildman–Crippen MR) is 69.2 cm³/mol. The molecule has 18 heavy (non-hydrogen) atoms. The molecular formula is C12H22Cl2HfNOSi. The van der Waals surface area contributed by atoms with E-state index >= 15 is 0 Å². The second-order valence-electron chi connectivity index (χ2n) is 3.49. The maximum Gasteiger partial charge on any atom is 4.00 e. The summed E-state index contributed by atoms with van der Waals surface area (Å²) in [6.07, 6.45) is 3.36. The van der Waals surface area contributed by atoms with E-state index in [0.717, 1.165) is 9.52 Å². The van der Waals surface area contributed by atoms with Gasteiger partial charge in [-0.2, -0.15) is 11.1 Å². The van der Waals surface area contributed by atoms with E-state index in [-0.39, 0.29) is 57.1 Å². The van der Waals surface area contributed by atoms with Crippen LogP contribution in [-0.2, 0) is 30.6 Å². The van der Waals surface area contributed by atoms with Crippen LogP contribution in [0, 0.1) is 12.0 Å². The van der Waals surface area contributed by atoms with Gasteiger partial charge >= 0.3 is 25.8 Å². The predicted octanol–water partition coefficient (Wildman–Crippen LogP) is -2.56. The first-order valence-electron chi connectivity index (χ1n) is 5.08. The van der Waals surface area contributed by atoms with Gasteiger partial charge in [0.05, 0.1) is 0 Å². The van der Waals surface area contributed by atoms with Gasteiger partial charge in [-0.15, -0.1) is 6.92 Å². The molecule has 0 spiro atoms. The SMILES string of the molecule is CC1=[C-]C(C)C(C)=C1C.C[SiH]C.[Cl-].[Cl-].[Hf+4].[NH-]C=O. The zero-order chi connectivity index (χ0) is 12.4. The number of rotatable bonds is 0. The van der Waals surface area contributed by atoms with Gasteiger partial charge in [0.25, 0.3) is 0 Å². The van der Waals surface area contributed by atoms with E-state index in [1.54, 1.807) is 0 Å². The normalized spacial score (nSPS) is 15.2. The molecule has 1 unspecified atom stereocenters. The van der Waals surface area contributed by atoms with Gasteiger partial charge in [0.2, 0.25) is 0 Å². The Morgan fingerprint density at radius 1 is 1.22 bits per heavy atom. The smallest absolute Gasteiger partial charge is 1.00 e. The van der Waals surface area contributed by atoms with E-state index in [2.05, 4.69) is 46.9 Å². The molecule has 1 radical (unpaired) electrons. The van der Waals surface area contributed by atoms with Crippen LogP contribution >= 0.6 is 0 Å². The fraction of sp³-hybridized carbons (Fsp3) is 0.583. The summed E-state index contributed by atoms with van der Waals surface area (Å²) in [7, 11) is 0.750. The molecule has 0 aromatic heterocycles. The average molecular weight is 474 g/mol. The largest absolute Gasteiger partial charge is 4.00 e. The third-order valence-corrected chi connectivity index (χ3v) is 2.24. The second kappa shape index (κ2) is 19.9. The van der Waals surface area contributed by atoms with Crippen molar-refractivity contribution < 1.29 is 55.5 Å². The molecule has 0 aromatic rings. The number of allylic oxidation sites excluding steroid dienone is 4. The van der Waals surface area contributed by atoms with Crippen LogP contribution in [0.5, 0.6) is 0 Å². The third-order valence-electron chi connectivity index (χ3n) is 2.24. The Bertz CT molecular complexity index is 258. The number of nitrogens with one attached hydrogen (secondary N) is 1. The average Bonchev–Trinajstić information content (AvgIpc) is 2.36. The van der Waals surface area contributed by atoms with Crippen molar-refractivity contribution in [2.45, 2.75) is 40.8 Å². The van der Waals surface area contributed by atoms with E-state index in [9.17, 15) is 0 Å². The minimum absolute atomic E-state index is 0. The van der Waals surface area contributed by atoms with Crippen molar-refractivity contribution in [3.8, 4) is 0 Å². The van der Waals surface area contributed by atoms with Gasteiger partial charge in [-0.25, -0.2) is 5.57 Å². The van der Waals surface area contributed by atoms with Crippen LogP contribution < -0.4 is 24.8 Å². The van der Waals surface area contributed by atoms with Crippen molar-refractivity contribution in [3.63, 3.8) is 0 Å². The second-order valence-corrected chi connectivity index (χ2v) is 4.65. The molecule has 1 amide bonds. The molecule has 0 fully saturated rings. The summed E-state index contributed by atoms with van der Waals surface area (Å²) in [6.45, 7) is 13.1. The van der Waals surface area contributed by atoms with Gasteiger partial charge in [0.1, 0.15) is 0 Å². The van der Waals surface area contributed by atoms with Gasteiger partial charge in [0, 0.05) is 15.9 Å². The van der Waals surface area contributed by atoms with Crippen molar-refractivity contribution in [3.05, 3.63) is 28.5 Å². The van der Waals surface area contributed by atoms with Crippen LogP contribution in [0.25, 0.3) is 5.73 Å². The molecule has 2 nitrogen and oxygen atoms in total. The molecule has 1 rings (SSSR count). The minimum Gasteiger partial charge on any atom is -1.00 e. The quantitative estimate of drug-likeness (QED) is 0.217. The van der Waals surface area contributed by atoms with Crippen LogP contribution in [0.15, 0.2) is 16.7 Å². The third kappa shape index (κ3) is 14.7. The summed E-state index contributed by atoms with van der Waals surface area (Å²) in [5.74, 6) is 0.560. The number of carbonyl (C=O) groups is 1. The Labute approximate surface area is 146 Å². The van der Waals surface area contributed by atoms with Gasteiger partial charge in [-0.1, -0.05) is 39.8 Å². The van der Waals surface area contributed by atoms with Gasteiger partial charge < -0.3 is 35.3 Å². The zero-order valence-corrected chi connectivity index (χ0v) is 18.2. The summed E-state index contributed by atoms with van der Waals surface area (Å²) in [5, 5.41) is 0. The molecule has 1 N–H and O–H groups in total. The Kier molecular flexibility index (Phi) is 34.5. The maximum absolute atomic E-state index is 8.47. The van der Waals surface area contributed by atoms with Crippen molar-refractivity contribution in [1.82, 2.24) is 0 Å². The molecule has 0 aromatic carbocycles. The first-order chi connectivity index (χ1) is 6.95. The van der Waals surface area contributed by atoms with Crippen LogP contribution in [0.2, 0.25) is 13.1 Å².